The van der Waals surface area contributed by atoms with Crippen LogP contribution in [0, 0.1) is 6.92 Å². The third-order valence-electron chi connectivity index (χ3n) is 2.76. The highest BCUT2D eigenvalue weighted by Gasteiger charge is 2.09. The highest BCUT2D eigenvalue weighted by atomic mass is 32.2. The largest absolute Gasteiger partial charge is 0.326 e. The van der Waals surface area contributed by atoms with E-state index in [1.165, 1.54) is 18.0 Å². The molecule has 0 aliphatic rings. The van der Waals surface area contributed by atoms with Gasteiger partial charge in [0.2, 0.25) is 0 Å². The van der Waals surface area contributed by atoms with E-state index in [0.29, 0.717) is 11.4 Å². The Hall–Kier alpha value is -1.37. The molecule has 0 radical (unpaired) electrons. The number of benzene rings is 1. The Kier molecular flexibility index (Phi) is 4.47. The Labute approximate surface area is 123 Å². The molecule has 2 N–H and O–H groups in total. The molecular formula is C14H16N2O2S2. The summed E-state index contributed by atoms with van der Waals surface area (Å²) in [4.78, 5) is 5.73. The van der Waals surface area contributed by atoms with E-state index >= 15 is 0 Å². The predicted octanol–water partition coefficient (Wildman–Crippen LogP) is 2.40. The van der Waals surface area contributed by atoms with Gasteiger partial charge in [0.15, 0.2) is 9.84 Å². The van der Waals surface area contributed by atoms with E-state index in [0.717, 1.165) is 21.2 Å². The summed E-state index contributed by atoms with van der Waals surface area (Å²) in [5, 5.41) is 0.861. The summed E-state index contributed by atoms with van der Waals surface area (Å²) in [6.45, 7) is 2.36. The Bertz CT molecular complexity index is 710. The number of sulfone groups is 1. The van der Waals surface area contributed by atoms with Crippen molar-refractivity contribution in [1.82, 2.24) is 4.98 Å². The third kappa shape index (κ3) is 3.59. The van der Waals surface area contributed by atoms with Crippen LogP contribution < -0.4 is 5.73 Å². The molecule has 0 atom stereocenters. The maximum atomic E-state index is 11.4. The number of nitrogens with zero attached hydrogens (tertiary/aromatic N) is 1. The van der Waals surface area contributed by atoms with Crippen LogP contribution in [0.5, 0.6) is 0 Å². The quantitative estimate of drug-likeness (QED) is 0.939. The first-order chi connectivity index (χ1) is 9.40. The van der Waals surface area contributed by atoms with Crippen LogP contribution in [-0.2, 0) is 16.4 Å². The van der Waals surface area contributed by atoms with E-state index in [2.05, 4.69) is 4.98 Å². The Morgan fingerprint density at radius 1 is 1.15 bits per heavy atom. The third-order valence-corrected chi connectivity index (χ3v) is 4.95. The molecular weight excluding hydrogens is 292 g/mol. The van der Waals surface area contributed by atoms with Gasteiger partial charge in [-0.15, -0.1) is 0 Å². The average molecular weight is 308 g/mol. The van der Waals surface area contributed by atoms with Gasteiger partial charge in [0, 0.05) is 23.4 Å². The molecule has 0 unspecified atom stereocenters. The lowest BCUT2D eigenvalue weighted by molar-refractivity contribution is 0.602. The second-order valence-corrected chi connectivity index (χ2v) is 7.54. The molecule has 1 heterocycles. The van der Waals surface area contributed by atoms with Crippen molar-refractivity contribution in [3.63, 3.8) is 0 Å². The Balaban J connectivity index is 2.29. The van der Waals surface area contributed by atoms with Crippen molar-refractivity contribution >= 4 is 21.6 Å². The zero-order valence-electron chi connectivity index (χ0n) is 11.3. The number of hydrogen-bond acceptors (Lipinski definition) is 5. The summed E-state index contributed by atoms with van der Waals surface area (Å²) in [6.07, 6.45) is 1.20. The SMILES string of the molecule is Cc1ccc(CN)c(Sc2ccc(S(C)(=O)=O)cc2)n1. The van der Waals surface area contributed by atoms with Crippen LogP contribution >= 0.6 is 11.8 Å². The van der Waals surface area contributed by atoms with Crippen molar-refractivity contribution < 1.29 is 8.42 Å². The molecule has 1 aromatic heterocycles. The van der Waals surface area contributed by atoms with Crippen molar-refractivity contribution in [2.45, 2.75) is 28.3 Å². The lowest BCUT2D eigenvalue weighted by Gasteiger charge is -2.08. The van der Waals surface area contributed by atoms with Gasteiger partial charge < -0.3 is 5.73 Å². The van der Waals surface area contributed by atoms with Gasteiger partial charge in [-0.25, -0.2) is 13.4 Å². The molecule has 0 saturated heterocycles. The molecule has 0 fully saturated rings. The van der Waals surface area contributed by atoms with Crippen molar-refractivity contribution in [1.29, 1.82) is 0 Å². The topological polar surface area (TPSA) is 73.1 Å². The maximum absolute atomic E-state index is 11.4. The first-order valence-corrected chi connectivity index (χ1v) is 8.75. The van der Waals surface area contributed by atoms with Crippen LogP contribution in [0.25, 0.3) is 0 Å². The lowest BCUT2D eigenvalue weighted by Crippen LogP contribution is -2.01. The van der Waals surface area contributed by atoms with Gasteiger partial charge in [-0.1, -0.05) is 17.8 Å². The van der Waals surface area contributed by atoms with Gasteiger partial charge in [-0.3, -0.25) is 0 Å². The number of aryl methyl sites for hydroxylation is 1. The molecule has 0 aliphatic heterocycles. The summed E-state index contributed by atoms with van der Waals surface area (Å²) in [5.41, 5.74) is 7.61. The van der Waals surface area contributed by atoms with Crippen molar-refractivity contribution in [2.24, 2.45) is 5.73 Å². The zero-order chi connectivity index (χ0) is 14.8. The molecule has 0 aliphatic carbocycles. The Morgan fingerprint density at radius 2 is 1.80 bits per heavy atom. The molecule has 6 heteroatoms. The number of hydrogen-bond donors (Lipinski definition) is 1. The van der Waals surface area contributed by atoms with Crippen molar-refractivity contribution in [2.75, 3.05) is 6.26 Å². The maximum Gasteiger partial charge on any atom is 0.175 e. The average Bonchev–Trinajstić information content (AvgIpc) is 2.38. The first-order valence-electron chi connectivity index (χ1n) is 6.05. The van der Waals surface area contributed by atoms with Crippen LogP contribution in [0.1, 0.15) is 11.3 Å². The summed E-state index contributed by atoms with van der Waals surface area (Å²) < 4.78 is 22.8. The van der Waals surface area contributed by atoms with Gasteiger partial charge in [0.25, 0.3) is 0 Å². The number of rotatable bonds is 4. The van der Waals surface area contributed by atoms with E-state index in [1.807, 2.05) is 19.1 Å². The molecule has 2 rings (SSSR count). The standard InChI is InChI=1S/C14H16N2O2S2/c1-10-3-4-11(9-15)14(16-10)19-12-5-7-13(8-6-12)20(2,17)18/h3-8H,9,15H2,1-2H3. The summed E-state index contributed by atoms with van der Waals surface area (Å²) >= 11 is 1.49. The van der Waals surface area contributed by atoms with E-state index in [-0.39, 0.29) is 0 Å². The summed E-state index contributed by atoms with van der Waals surface area (Å²) in [7, 11) is -3.16. The second kappa shape index (κ2) is 5.95. The van der Waals surface area contributed by atoms with E-state index in [4.69, 9.17) is 5.73 Å². The smallest absolute Gasteiger partial charge is 0.175 e. The van der Waals surface area contributed by atoms with Crippen LogP contribution in [0.15, 0.2) is 51.2 Å². The molecule has 20 heavy (non-hydrogen) atoms. The van der Waals surface area contributed by atoms with Crippen molar-refractivity contribution in [3.05, 3.63) is 47.7 Å². The highest BCUT2D eigenvalue weighted by molar-refractivity contribution is 7.99. The zero-order valence-corrected chi connectivity index (χ0v) is 13.0. The van der Waals surface area contributed by atoms with Gasteiger partial charge in [-0.2, -0.15) is 0 Å². The van der Waals surface area contributed by atoms with Gasteiger partial charge >= 0.3 is 0 Å². The highest BCUT2D eigenvalue weighted by Crippen LogP contribution is 2.29. The van der Waals surface area contributed by atoms with Crippen LogP contribution in [0.4, 0.5) is 0 Å². The van der Waals surface area contributed by atoms with E-state index in [1.54, 1.807) is 24.3 Å². The lowest BCUT2D eigenvalue weighted by atomic mass is 10.2. The molecule has 4 nitrogen and oxygen atoms in total. The molecule has 106 valence electrons. The minimum atomic E-state index is -3.16. The van der Waals surface area contributed by atoms with Crippen molar-refractivity contribution in [3.8, 4) is 0 Å². The van der Waals surface area contributed by atoms with Crippen LogP contribution in [0.3, 0.4) is 0 Å². The van der Waals surface area contributed by atoms with Gasteiger partial charge in [-0.05, 0) is 42.8 Å². The molecule has 0 bridgehead atoms. The minimum Gasteiger partial charge on any atom is -0.326 e. The number of aromatic nitrogens is 1. The second-order valence-electron chi connectivity index (χ2n) is 4.47. The summed E-state index contributed by atoms with van der Waals surface area (Å²) in [6, 6.07) is 10.7. The van der Waals surface area contributed by atoms with E-state index < -0.39 is 9.84 Å². The monoisotopic (exact) mass is 308 g/mol. The van der Waals surface area contributed by atoms with E-state index in [9.17, 15) is 8.42 Å². The first kappa shape index (κ1) is 15.0. The fraction of sp³-hybridized carbons (Fsp3) is 0.214. The molecule has 0 amide bonds. The van der Waals surface area contributed by atoms with Gasteiger partial charge in [0.1, 0.15) is 5.03 Å². The normalized spacial score (nSPS) is 11.6. The molecule has 0 saturated carbocycles. The fourth-order valence-corrected chi connectivity index (χ4v) is 3.27. The number of nitrogens with two attached hydrogens (primary N) is 1. The Morgan fingerprint density at radius 3 is 2.35 bits per heavy atom. The predicted molar refractivity (Wildman–Crippen MR) is 80.5 cm³/mol. The van der Waals surface area contributed by atoms with Crippen LogP contribution in [-0.4, -0.2) is 19.7 Å². The fourth-order valence-electron chi connectivity index (χ4n) is 1.67. The number of pyridine rings is 1. The molecule has 1 aromatic carbocycles. The summed E-state index contributed by atoms with van der Waals surface area (Å²) in [5.74, 6) is 0. The minimum absolute atomic E-state index is 0.318. The van der Waals surface area contributed by atoms with Gasteiger partial charge in [0.05, 0.1) is 4.90 Å². The molecule has 0 spiro atoms. The van der Waals surface area contributed by atoms with Crippen LogP contribution in [0.2, 0.25) is 0 Å². The molecule has 2 aromatic rings.